The lowest BCUT2D eigenvalue weighted by Crippen LogP contribution is -2.44. The van der Waals surface area contributed by atoms with Gasteiger partial charge in [0.25, 0.3) is 0 Å². The summed E-state index contributed by atoms with van der Waals surface area (Å²) in [7, 11) is 0. The quantitative estimate of drug-likeness (QED) is 0.598. The number of rotatable bonds is 2. The number of aliphatic hydroxyl groups is 1. The zero-order chi connectivity index (χ0) is 8.55. The van der Waals surface area contributed by atoms with E-state index in [0.717, 1.165) is 32.7 Å². The Morgan fingerprint density at radius 1 is 1.58 bits per heavy atom. The number of ether oxygens (including phenoxy) is 1. The molecule has 12 heavy (non-hydrogen) atoms. The zero-order valence-electron chi connectivity index (χ0n) is 7.57. The highest BCUT2D eigenvalue weighted by molar-refractivity contribution is 4.81. The standard InChI is InChI=1S/C9H17NO2/c1-7-2-3-10(5-9(7)11)4-8-6-12-8/h7-9,11H,2-6H2,1H3. The molecule has 3 atom stereocenters. The summed E-state index contributed by atoms with van der Waals surface area (Å²) >= 11 is 0. The molecule has 2 aliphatic rings. The molecule has 70 valence electrons. The van der Waals surface area contributed by atoms with Gasteiger partial charge in [0.05, 0.1) is 18.8 Å². The van der Waals surface area contributed by atoms with Gasteiger partial charge in [-0.3, -0.25) is 4.90 Å². The van der Waals surface area contributed by atoms with Crippen molar-refractivity contribution in [2.24, 2.45) is 5.92 Å². The van der Waals surface area contributed by atoms with Crippen molar-refractivity contribution in [3.8, 4) is 0 Å². The maximum absolute atomic E-state index is 9.60. The molecule has 0 bridgehead atoms. The first-order chi connectivity index (χ1) is 5.75. The van der Waals surface area contributed by atoms with Crippen LogP contribution in [-0.2, 0) is 4.74 Å². The molecule has 0 amide bonds. The molecule has 3 heteroatoms. The molecule has 2 fully saturated rings. The van der Waals surface area contributed by atoms with Crippen molar-refractivity contribution >= 4 is 0 Å². The maximum atomic E-state index is 9.60. The molecular weight excluding hydrogens is 154 g/mol. The van der Waals surface area contributed by atoms with Gasteiger partial charge >= 0.3 is 0 Å². The number of β-amino-alcohol motifs (C(OH)–C–C–N with tert-alkyl or cyclic N) is 1. The lowest BCUT2D eigenvalue weighted by Gasteiger charge is -2.33. The molecule has 0 aromatic rings. The Kier molecular flexibility index (Phi) is 2.35. The first-order valence-electron chi connectivity index (χ1n) is 4.77. The average molecular weight is 171 g/mol. The number of hydrogen-bond donors (Lipinski definition) is 1. The lowest BCUT2D eigenvalue weighted by atomic mass is 9.96. The van der Waals surface area contributed by atoms with Crippen LogP contribution < -0.4 is 0 Å². The largest absolute Gasteiger partial charge is 0.392 e. The van der Waals surface area contributed by atoms with Crippen LogP contribution >= 0.6 is 0 Å². The van der Waals surface area contributed by atoms with Crippen molar-refractivity contribution in [1.29, 1.82) is 0 Å². The second kappa shape index (κ2) is 3.32. The van der Waals surface area contributed by atoms with Crippen LogP contribution in [0, 0.1) is 5.92 Å². The summed E-state index contributed by atoms with van der Waals surface area (Å²) in [5.74, 6) is 0.473. The first-order valence-corrected chi connectivity index (χ1v) is 4.77. The molecule has 0 saturated carbocycles. The Hall–Kier alpha value is -0.120. The van der Waals surface area contributed by atoms with E-state index in [2.05, 4.69) is 11.8 Å². The van der Waals surface area contributed by atoms with Crippen LogP contribution in [-0.4, -0.2) is 48.5 Å². The molecule has 2 saturated heterocycles. The third-order valence-electron chi connectivity index (χ3n) is 2.87. The molecule has 1 N–H and O–H groups in total. The Morgan fingerprint density at radius 2 is 2.33 bits per heavy atom. The third-order valence-corrected chi connectivity index (χ3v) is 2.87. The van der Waals surface area contributed by atoms with E-state index in [1.54, 1.807) is 0 Å². The molecule has 3 unspecified atom stereocenters. The van der Waals surface area contributed by atoms with Crippen LogP contribution in [0.15, 0.2) is 0 Å². The number of likely N-dealkylation sites (tertiary alicyclic amines) is 1. The van der Waals surface area contributed by atoms with Crippen LogP contribution in [0.2, 0.25) is 0 Å². The van der Waals surface area contributed by atoms with E-state index in [0.29, 0.717) is 12.0 Å². The molecule has 0 spiro atoms. The van der Waals surface area contributed by atoms with Crippen molar-refractivity contribution in [1.82, 2.24) is 4.90 Å². The number of epoxide rings is 1. The van der Waals surface area contributed by atoms with Gasteiger partial charge in [0.15, 0.2) is 0 Å². The molecule has 0 aromatic heterocycles. The fraction of sp³-hybridized carbons (Fsp3) is 1.00. The molecule has 2 heterocycles. The van der Waals surface area contributed by atoms with E-state index >= 15 is 0 Å². The fourth-order valence-electron chi connectivity index (χ4n) is 1.74. The molecule has 2 aliphatic heterocycles. The fourth-order valence-corrected chi connectivity index (χ4v) is 1.74. The zero-order valence-corrected chi connectivity index (χ0v) is 7.57. The molecule has 0 aliphatic carbocycles. The highest BCUT2D eigenvalue weighted by atomic mass is 16.6. The normalized spacial score (nSPS) is 43.0. The first kappa shape index (κ1) is 8.48. The summed E-state index contributed by atoms with van der Waals surface area (Å²) < 4.78 is 5.15. The predicted molar refractivity (Wildman–Crippen MR) is 46.0 cm³/mol. The Labute approximate surface area is 73.3 Å². The third kappa shape index (κ3) is 1.97. The van der Waals surface area contributed by atoms with Crippen molar-refractivity contribution in [3.05, 3.63) is 0 Å². The van der Waals surface area contributed by atoms with Gasteiger partial charge in [-0.15, -0.1) is 0 Å². The van der Waals surface area contributed by atoms with Crippen molar-refractivity contribution < 1.29 is 9.84 Å². The second-order valence-electron chi connectivity index (χ2n) is 4.05. The van der Waals surface area contributed by atoms with E-state index in [4.69, 9.17) is 4.74 Å². The topological polar surface area (TPSA) is 36.0 Å². The van der Waals surface area contributed by atoms with Crippen LogP contribution in [0.4, 0.5) is 0 Å². The van der Waals surface area contributed by atoms with E-state index in [1.165, 1.54) is 0 Å². The van der Waals surface area contributed by atoms with Crippen LogP contribution in [0.3, 0.4) is 0 Å². The summed E-state index contributed by atoms with van der Waals surface area (Å²) in [6.07, 6.45) is 1.46. The molecule has 0 aromatic carbocycles. The number of piperidine rings is 1. The van der Waals surface area contributed by atoms with E-state index in [9.17, 15) is 5.11 Å². The van der Waals surface area contributed by atoms with Gasteiger partial charge in [0.2, 0.25) is 0 Å². The van der Waals surface area contributed by atoms with E-state index in [-0.39, 0.29) is 6.10 Å². The molecule has 2 rings (SSSR count). The van der Waals surface area contributed by atoms with E-state index < -0.39 is 0 Å². The Bertz CT molecular complexity index is 159. The van der Waals surface area contributed by atoms with E-state index in [1.807, 2.05) is 0 Å². The number of nitrogens with zero attached hydrogens (tertiary/aromatic N) is 1. The minimum Gasteiger partial charge on any atom is -0.392 e. The van der Waals surface area contributed by atoms with Gasteiger partial charge < -0.3 is 9.84 Å². The van der Waals surface area contributed by atoms with Crippen molar-refractivity contribution in [2.75, 3.05) is 26.2 Å². The van der Waals surface area contributed by atoms with Gasteiger partial charge in [-0.05, 0) is 18.9 Å². The summed E-state index contributed by atoms with van der Waals surface area (Å²) in [6, 6.07) is 0. The lowest BCUT2D eigenvalue weighted by molar-refractivity contribution is 0.0267. The van der Waals surface area contributed by atoms with Crippen molar-refractivity contribution in [3.63, 3.8) is 0 Å². The van der Waals surface area contributed by atoms with Crippen LogP contribution in [0.1, 0.15) is 13.3 Å². The summed E-state index contributed by atoms with van der Waals surface area (Å²) in [5, 5.41) is 9.60. The minimum atomic E-state index is -0.127. The van der Waals surface area contributed by atoms with Crippen LogP contribution in [0.5, 0.6) is 0 Å². The van der Waals surface area contributed by atoms with Gasteiger partial charge in [-0.1, -0.05) is 6.92 Å². The highest BCUT2D eigenvalue weighted by Crippen LogP contribution is 2.19. The van der Waals surface area contributed by atoms with Gasteiger partial charge in [-0.2, -0.15) is 0 Å². The molecule has 0 radical (unpaired) electrons. The van der Waals surface area contributed by atoms with Gasteiger partial charge in [0.1, 0.15) is 0 Å². The SMILES string of the molecule is CC1CCN(CC2CO2)CC1O. The smallest absolute Gasteiger partial charge is 0.0936 e. The summed E-state index contributed by atoms with van der Waals surface area (Å²) in [4.78, 5) is 2.31. The average Bonchev–Trinajstić information content (AvgIpc) is 2.81. The van der Waals surface area contributed by atoms with Gasteiger partial charge in [-0.25, -0.2) is 0 Å². The monoisotopic (exact) mass is 171 g/mol. The maximum Gasteiger partial charge on any atom is 0.0936 e. The van der Waals surface area contributed by atoms with Crippen molar-refractivity contribution in [2.45, 2.75) is 25.6 Å². The summed E-state index contributed by atoms with van der Waals surface area (Å²) in [6.45, 7) is 6.01. The molecule has 3 nitrogen and oxygen atoms in total. The predicted octanol–water partition coefficient (Wildman–Crippen LogP) is 0.0879. The van der Waals surface area contributed by atoms with Crippen LogP contribution in [0.25, 0.3) is 0 Å². The molecular formula is C9H17NO2. The van der Waals surface area contributed by atoms with Gasteiger partial charge in [0, 0.05) is 13.1 Å². The Balaban J connectivity index is 1.76. The number of aliphatic hydroxyl groups excluding tert-OH is 1. The summed E-state index contributed by atoms with van der Waals surface area (Å²) in [5.41, 5.74) is 0. The Morgan fingerprint density at radius 3 is 2.92 bits per heavy atom. The minimum absolute atomic E-state index is 0.127. The second-order valence-corrected chi connectivity index (χ2v) is 4.05. The number of hydrogen-bond acceptors (Lipinski definition) is 3. The highest BCUT2D eigenvalue weighted by Gasteiger charge is 2.30.